The molecule has 20 heavy (non-hydrogen) atoms. The number of aliphatic hydroxyl groups is 1. The Balaban J connectivity index is 3.27. The fourth-order valence-corrected chi connectivity index (χ4v) is 2.02. The molecule has 0 aromatic heterocycles. The van der Waals surface area contributed by atoms with E-state index in [9.17, 15) is 15.2 Å². The third kappa shape index (κ3) is 3.68. The molecule has 1 aromatic rings. The second-order valence-electron chi connectivity index (χ2n) is 4.88. The average Bonchev–Trinajstić information content (AvgIpc) is 2.38. The molecule has 0 saturated heterocycles. The molecule has 1 aromatic carbocycles. The van der Waals surface area contributed by atoms with Gasteiger partial charge in [-0.15, -0.1) is 0 Å². The van der Waals surface area contributed by atoms with Gasteiger partial charge in [-0.25, -0.2) is 0 Å². The van der Waals surface area contributed by atoms with E-state index >= 15 is 0 Å². The Hall–Kier alpha value is -2.13. The van der Waals surface area contributed by atoms with Crippen LogP contribution in [0.3, 0.4) is 0 Å². The number of hydrogen-bond donors (Lipinski definition) is 1. The maximum Gasteiger partial charge on any atom is 0.292 e. The van der Waals surface area contributed by atoms with Gasteiger partial charge in [-0.05, 0) is 32.4 Å². The molecule has 0 aliphatic rings. The number of nitro groups is 1. The van der Waals surface area contributed by atoms with E-state index in [1.54, 1.807) is 19.1 Å². The molecule has 1 N–H and O–H groups in total. The molecule has 0 spiro atoms. The molecular formula is C14H19N3O3. The number of nitriles is 1. The van der Waals surface area contributed by atoms with Crippen molar-refractivity contribution in [3.63, 3.8) is 0 Å². The van der Waals surface area contributed by atoms with E-state index in [2.05, 4.69) is 0 Å². The van der Waals surface area contributed by atoms with E-state index in [0.29, 0.717) is 24.2 Å². The van der Waals surface area contributed by atoms with Gasteiger partial charge in [0.15, 0.2) is 0 Å². The summed E-state index contributed by atoms with van der Waals surface area (Å²) in [5, 5.41) is 29.5. The summed E-state index contributed by atoms with van der Waals surface area (Å²) in [5.74, 6) is 0. The highest BCUT2D eigenvalue weighted by molar-refractivity contribution is 5.65. The second-order valence-corrected chi connectivity index (χ2v) is 4.88. The van der Waals surface area contributed by atoms with Crippen LogP contribution >= 0.6 is 0 Å². The number of nitrogens with zero attached hydrogens (tertiary/aromatic N) is 3. The van der Waals surface area contributed by atoms with Crippen LogP contribution in [0.4, 0.5) is 11.4 Å². The maximum absolute atomic E-state index is 11.2. The van der Waals surface area contributed by atoms with Crippen molar-refractivity contribution in [3.8, 4) is 6.07 Å². The lowest BCUT2D eigenvalue weighted by molar-refractivity contribution is -0.384. The van der Waals surface area contributed by atoms with E-state index in [1.807, 2.05) is 24.8 Å². The summed E-state index contributed by atoms with van der Waals surface area (Å²) in [4.78, 5) is 12.6. The molecule has 1 rings (SSSR count). The van der Waals surface area contributed by atoms with E-state index in [4.69, 9.17) is 5.26 Å². The minimum Gasteiger partial charge on any atom is -0.389 e. The van der Waals surface area contributed by atoms with Crippen LogP contribution in [0.5, 0.6) is 0 Å². The summed E-state index contributed by atoms with van der Waals surface area (Å²) in [6, 6.07) is 6.79. The first kappa shape index (κ1) is 15.9. The van der Waals surface area contributed by atoms with Gasteiger partial charge in [0.1, 0.15) is 5.69 Å². The molecule has 6 heteroatoms. The Kier molecular flexibility index (Phi) is 5.47. The van der Waals surface area contributed by atoms with Gasteiger partial charge in [0.25, 0.3) is 5.69 Å². The van der Waals surface area contributed by atoms with Crippen LogP contribution in [-0.2, 0) is 0 Å². The highest BCUT2D eigenvalue weighted by Gasteiger charge is 2.22. The average molecular weight is 277 g/mol. The first-order valence-corrected chi connectivity index (χ1v) is 6.48. The lowest BCUT2D eigenvalue weighted by Crippen LogP contribution is -2.32. The maximum atomic E-state index is 11.2. The Labute approximate surface area is 118 Å². The zero-order valence-electron chi connectivity index (χ0n) is 11.9. The predicted molar refractivity (Wildman–Crippen MR) is 76.4 cm³/mol. The lowest BCUT2D eigenvalue weighted by atomic mass is 10.1. The minimum absolute atomic E-state index is 0.0412. The van der Waals surface area contributed by atoms with Gasteiger partial charge in [0, 0.05) is 18.7 Å². The van der Waals surface area contributed by atoms with E-state index in [0.717, 1.165) is 0 Å². The van der Waals surface area contributed by atoms with E-state index < -0.39 is 11.0 Å². The van der Waals surface area contributed by atoms with Gasteiger partial charge >= 0.3 is 0 Å². The molecular weight excluding hydrogens is 258 g/mol. The molecule has 0 saturated carbocycles. The van der Waals surface area contributed by atoms with Crippen molar-refractivity contribution in [2.75, 3.05) is 11.4 Å². The zero-order chi connectivity index (χ0) is 15.3. The highest BCUT2D eigenvalue weighted by Crippen LogP contribution is 2.32. The fourth-order valence-electron chi connectivity index (χ4n) is 2.02. The van der Waals surface area contributed by atoms with Crippen LogP contribution in [0.1, 0.15) is 38.9 Å². The molecule has 0 heterocycles. The number of rotatable bonds is 6. The summed E-state index contributed by atoms with van der Waals surface area (Å²) < 4.78 is 0. The number of anilines is 1. The van der Waals surface area contributed by atoms with E-state index in [-0.39, 0.29) is 11.7 Å². The first-order chi connectivity index (χ1) is 9.38. The molecule has 0 bridgehead atoms. The molecule has 1 atom stereocenters. The Morgan fingerprint density at radius 2 is 2.10 bits per heavy atom. The third-order valence-electron chi connectivity index (χ3n) is 3.08. The van der Waals surface area contributed by atoms with Gasteiger partial charge in [0.2, 0.25) is 0 Å². The van der Waals surface area contributed by atoms with Gasteiger partial charge < -0.3 is 10.0 Å². The minimum atomic E-state index is -0.755. The molecule has 0 amide bonds. The zero-order valence-corrected chi connectivity index (χ0v) is 11.9. The highest BCUT2D eigenvalue weighted by atomic mass is 16.6. The first-order valence-electron chi connectivity index (χ1n) is 6.48. The van der Waals surface area contributed by atoms with Crippen LogP contribution in [0.25, 0.3) is 0 Å². The normalized spacial score (nSPS) is 12.0. The van der Waals surface area contributed by atoms with Gasteiger partial charge in [0.05, 0.1) is 23.5 Å². The molecule has 6 nitrogen and oxygen atoms in total. The summed E-state index contributed by atoms with van der Waals surface area (Å²) in [6.07, 6.45) is -0.456. The van der Waals surface area contributed by atoms with Crippen molar-refractivity contribution in [2.45, 2.75) is 39.3 Å². The van der Waals surface area contributed by atoms with Crippen molar-refractivity contribution in [2.24, 2.45) is 0 Å². The summed E-state index contributed by atoms with van der Waals surface area (Å²) in [6.45, 7) is 5.84. The number of nitro benzene ring substituents is 1. The predicted octanol–water partition coefficient (Wildman–Crippen LogP) is 2.78. The topological polar surface area (TPSA) is 90.4 Å². The smallest absolute Gasteiger partial charge is 0.292 e. The van der Waals surface area contributed by atoms with Gasteiger partial charge in [-0.2, -0.15) is 5.26 Å². The van der Waals surface area contributed by atoms with Crippen molar-refractivity contribution < 1.29 is 10.0 Å². The molecule has 0 aliphatic heterocycles. The standard InChI is InChI=1S/C14H19N3O3/c1-10(2)16(8-4-7-15)13-6-5-12(11(3)18)9-14(13)17(19)20/h5-6,9-11,18H,4,8H2,1-3H3. The third-order valence-corrected chi connectivity index (χ3v) is 3.08. The Morgan fingerprint density at radius 3 is 2.55 bits per heavy atom. The van der Waals surface area contributed by atoms with Crippen LogP contribution in [0.15, 0.2) is 18.2 Å². The quantitative estimate of drug-likeness (QED) is 0.637. The van der Waals surface area contributed by atoms with Crippen molar-refractivity contribution in [1.29, 1.82) is 5.26 Å². The molecule has 0 radical (unpaired) electrons. The lowest BCUT2D eigenvalue weighted by Gasteiger charge is -2.28. The van der Waals surface area contributed by atoms with Crippen LogP contribution in [0, 0.1) is 21.4 Å². The Bertz CT molecular complexity index is 521. The van der Waals surface area contributed by atoms with Crippen molar-refractivity contribution >= 4 is 11.4 Å². The molecule has 0 fully saturated rings. The monoisotopic (exact) mass is 277 g/mol. The van der Waals surface area contributed by atoms with Gasteiger partial charge in [-0.1, -0.05) is 6.07 Å². The number of benzene rings is 1. The molecule has 108 valence electrons. The number of aliphatic hydroxyl groups excluding tert-OH is 1. The van der Waals surface area contributed by atoms with Crippen LogP contribution in [0.2, 0.25) is 0 Å². The van der Waals surface area contributed by atoms with Crippen LogP contribution in [-0.4, -0.2) is 22.6 Å². The second kappa shape index (κ2) is 6.87. The van der Waals surface area contributed by atoms with E-state index in [1.165, 1.54) is 6.07 Å². The largest absolute Gasteiger partial charge is 0.389 e. The van der Waals surface area contributed by atoms with Crippen molar-refractivity contribution in [1.82, 2.24) is 0 Å². The SMILES string of the molecule is CC(O)c1ccc(N(CCC#N)C(C)C)c([N+](=O)[O-])c1. The molecule has 0 aliphatic carbocycles. The van der Waals surface area contributed by atoms with Crippen molar-refractivity contribution in [3.05, 3.63) is 33.9 Å². The number of hydrogen-bond acceptors (Lipinski definition) is 5. The summed E-state index contributed by atoms with van der Waals surface area (Å²) in [7, 11) is 0. The molecule has 1 unspecified atom stereocenters. The Morgan fingerprint density at radius 1 is 1.45 bits per heavy atom. The summed E-state index contributed by atoms with van der Waals surface area (Å²) in [5.41, 5.74) is 0.934. The van der Waals surface area contributed by atoms with Gasteiger partial charge in [-0.3, -0.25) is 10.1 Å². The summed E-state index contributed by atoms with van der Waals surface area (Å²) >= 11 is 0. The van der Waals surface area contributed by atoms with Crippen LogP contribution < -0.4 is 4.90 Å². The fraction of sp³-hybridized carbons (Fsp3) is 0.500.